The Kier molecular flexibility index (Phi) is 4.20. The Labute approximate surface area is 89.9 Å². The molecule has 0 fully saturated rings. The van der Waals surface area contributed by atoms with Gasteiger partial charge in [0.25, 0.3) is 5.56 Å². The molecule has 0 aliphatic heterocycles. The quantitative estimate of drug-likeness (QED) is 0.677. The van der Waals surface area contributed by atoms with Gasteiger partial charge in [-0.05, 0) is 29.0 Å². The Morgan fingerprint density at radius 2 is 2.46 bits per heavy atom. The molecule has 0 aliphatic rings. The summed E-state index contributed by atoms with van der Waals surface area (Å²) in [5, 5.41) is 0. The third-order valence-electron chi connectivity index (χ3n) is 1.50. The number of nitrogens with one attached hydrogen (secondary N) is 1. The maximum atomic E-state index is 11.1. The van der Waals surface area contributed by atoms with Crippen LogP contribution < -0.4 is 10.3 Å². The van der Waals surface area contributed by atoms with E-state index in [1.54, 1.807) is 0 Å². The first-order valence-electron chi connectivity index (χ1n) is 4.11. The Morgan fingerprint density at radius 3 is 3.15 bits per heavy atom. The van der Waals surface area contributed by atoms with Crippen LogP contribution in [-0.2, 0) is 0 Å². The summed E-state index contributed by atoms with van der Waals surface area (Å²) in [5.41, 5.74) is -0.151. The number of aromatic nitrogens is 2. The van der Waals surface area contributed by atoms with Gasteiger partial charge >= 0.3 is 0 Å². The zero-order valence-electron chi connectivity index (χ0n) is 7.34. The molecule has 0 bridgehead atoms. The smallest absolute Gasteiger partial charge is 0.268 e. The van der Waals surface area contributed by atoms with Gasteiger partial charge in [-0.3, -0.25) is 4.79 Å². The number of halogens is 1. The molecule has 0 unspecified atom stereocenters. The first kappa shape index (κ1) is 10.5. The van der Waals surface area contributed by atoms with Gasteiger partial charge in [-0.15, -0.1) is 0 Å². The van der Waals surface area contributed by atoms with Crippen LogP contribution in [0.15, 0.2) is 11.1 Å². The van der Waals surface area contributed by atoms with Crippen LogP contribution in [0.4, 0.5) is 0 Å². The van der Waals surface area contributed by atoms with Gasteiger partial charge in [-0.25, -0.2) is 4.98 Å². The highest BCUT2D eigenvalue weighted by Crippen LogP contribution is 2.11. The minimum Gasteiger partial charge on any atom is -0.477 e. The number of hydrogen-bond donors (Lipinski definition) is 1. The minimum atomic E-state index is -0.151. The van der Waals surface area contributed by atoms with E-state index in [4.69, 9.17) is 4.74 Å². The van der Waals surface area contributed by atoms with E-state index in [9.17, 15) is 4.79 Å². The van der Waals surface area contributed by atoms with Crippen molar-refractivity contribution in [1.82, 2.24) is 9.97 Å². The molecular weight excluding hydrogens is 283 g/mol. The zero-order chi connectivity index (χ0) is 9.68. The topological polar surface area (TPSA) is 55.0 Å². The largest absolute Gasteiger partial charge is 0.477 e. The first-order valence-corrected chi connectivity index (χ1v) is 5.19. The van der Waals surface area contributed by atoms with E-state index in [-0.39, 0.29) is 5.56 Å². The van der Waals surface area contributed by atoms with E-state index >= 15 is 0 Å². The van der Waals surface area contributed by atoms with E-state index in [1.807, 2.05) is 22.6 Å². The normalized spacial score (nSPS) is 10.0. The number of H-pyrrole nitrogens is 1. The summed E-state index contributed by atoms with van der Waals surface area (Å²) in [5.74, 6) is 0.429. The number of unbranched alkanes of at least 4 members (excludes halogenated alkanes) is 1. The van der Waals surface area contributed by atoms with E-state index in [2.05, 4.69) is 16.9 Å². The molecule has 0 spiro atoms. The van der Waals surface area contributed by atoms with E-state index < -0.39 is 0 Å². The van der Waals surface area contributed by atoms with Crippen LogP contribution in [0, 0.1) is 3.57 Å². The molecule has 1 aromatic heterocycles. The fourth-order valence-electron chi connectivity index (χ4n) is 0.780. The highest BCUT2D eigenvalue weighted by atomic mass is 127. The van der Waals surface area contributed by atoms with Crippen LogP contribution in [-0.4, -0.2) is 16.6 Å². The van der Waals surface area contributed by atoms with Gasteiger partial charge in [-0.2, -0.15) is 0 Å². The lowest BCUT2D eigenvalue weighted by Crippen LogP contribution is -2.13. The van der Waals surface area contributed by atoms with Crippen LogP contribution in [0.25, 0.3) is 0 Å². The SMILES string of the molecule is CCCCOc1nc[nH]c(=O)c1I. The first-order chi connectivity index (χ1) is 6.25. The van der Waals surface area contributed by atoms with Gasteiger partial charge in [0.15, 0.2) is 0 Å². The highest BCUT2D eigenvalue weighted by molar-refractivity contribution is 14.1. The molecule has 5 heteroatoms. The molecule has 4 nitrogen and oxygen atoms in total. The molecule has 0 amide bonds. The van der Waals surface area contributed by atoms with Gasteiger partial charge in [0.2, 0.25) is 5.88 Å². The lowest BCUT2D eigenvalue weighted by molar-refractivity contribution is 0.294. The van der Waals surface area contributed by atoms with Gasteiger partial charge in [0.05, 0.1) is 12.9 Å². The number of nitrogens with zero attached hydrogens (tertiary/aromatic N) is 1. The second kappa shape index (κ2) is 5.21. The van der Waals surface area contributed by atoms with E-state index in [1.165, 1.54) is 6.33 Å². The lowest BCUT2D eigenvalue weighted by atomic mass is 10.4. The lowest BCUT2D eigenvalue weighted by Gasteiger charge is -2.04. The highest BCUT2D eigenvalue weighted by Gasteiger charge is 2.04. The monoisotopic (exact) mass is 294 g/mol. The zero-order valence-corrected chi connectivity index (χ0v) is 9.50. The maximum Gasteiger partial charge on any atom is 0.268 e. The Balaban J connectivity index is 2.66. The van der Waals surface area contributed by atoms with Crippen molar-refractivity contribution in [3.63, 3.8) is 0 Å². The molecule has 0 aliphatic carbocycles. The average molecular weight is 294 g/mol. The predicted molar refractivity (Wildman–Crippen MR) is 58.0 cm³/mol. The third kappa shape index (κ3) is 2.98. The average Bonchev–Trinajstić information content (AvgIpc) is 2.13. The van der Waals surface area contributed by atoms with Crippen molar-refractivity contribution in [2.45, 2.75) is 19.8 Å². The molecule has 13 heavy (non-hydrogen) atoms. The van der Waals surface area contributed by atoms with Crippen LogP contribution in [0.2, 0.25) is 0 Å². The van der Waals surface area contributed by atoms with E-state index in [0.717, 1.165) is 12.8 Å². The molecule has 1 aromatic rings. The van der Waals surface area contributed by atoms with Crippen LogP contribution in [0.5, 0.6) is 5.88 Å². The molecule has 1 heterocycles. The molecule has 0 radical (unpaired) electrons. The minimum absolute atomic E-state index is 0.151. The summed E-state index contributed by atoms with van der Waals surface area (Å²) in [6, 6.07) is 0. The fraction of sp³-hybridized carbons (Fsp3) is 0.500. The van der Waals surface area contributed by atoms with Gasteiger partial charge in [-0.1, -0.05) is 13.3 Å². The van der Waals surface area contributed by atoms with Crippen molar-refractivity contribution in [2.24, 2.45) is 0 Å². The summed E-state index contributed by atoms with van der Waals surface area (Å²) < 4.78 is 5.83. The van der Waals surface area contributed by atoms with Crippen molar-refractivity contribution >= 4 is 22.6 Å². The fourth-order valence-corrected chi connectivity index (χ4v) is 1.23. The molecule has 0 saturated heterocycles. The van der Waals surface area contributed by atoms with Crippen LogP contribution >= 0.6 is 22.6 Å². The van der Waals surface area contributed by atoms with Crippen molar-refractivity contribution in [3.8, 4) is 5.88 Å². The molecule has 72 valence electrons. The van der Waals surface area contributed by atoms with Gasteiger partial charge in [0, 0.05) is 0 Å². The third-order valence-corrected chi connectivity index (χ3v) is 2.45. The van der Waals surface area contributed by atoms with Crippen molar-refractivity contribution in [2.75, 3.05) is 6.61 Å². The van der Waals surface area contributed by atoms with Crippen LogP contribution in [0.1, 0.15) is 19.8 Å². The standard InChI is InChI=1S/C8H11IN2O2/c1-2-3-4-13-8-6(9)7(12)10-5-11-8/h5H,2-4H2,1H3,(H,10,11,12). The Bertz CT molecular complexity index is 324. The number of hydrogen-bond acceptors (Lipinski definition) is 3. The maximum absolute atomic E-state index is 11.1. The second-order valence-electron chi connectivity index (χ2n) is 2.55. The number of aromatic amines is 1. The van der Waals surface area contributed by atoms with Crippen molar-refractivity contribution in [1.29, 1.82) is 0 Å². The van der Waals surface area contributed by atoms with Crippen molar-refractivity contribution in [3.05, 3.63) is 20.3 Å². The summed E-state index contributed by atoms with van der Waals surface area (Å²) in [7, 11) is 0. The number of ether oxygens (including phenoxy) is 1. The summed E-state index contributed by atoms with van der Waals surface area (Å²) in [4.78, 5) is 17.5. The molecular formula is C8H11IN2O2. The summed E-state index contributed by atoms with van der Waals surface area (Å²) >= 11 is 1.93. The molecule has 0 aromatic carbocycles. The molecule has 1 N–H and O–H groups in total. The van der Waals surface area contributed by atoms with Crippen LogP contribution in [0.3, 0.4) is 0 Å². The number of rotatable bonds is 4. The summed E-state index contributed by atoms with van der Waals surface area (Å²) in [6.07, 6.45) is 3.40. The predicted octanol–water partition coefficient (Wildman–Crippen LogP) is 1.55. The van der Waals surface area contributed by atoms with Gasteiger partial charge in [0.1, 0.15) is 3.57 Å². The summed E-state index contributed by atoms with van der Waals surface area (Å²) in [6.45, 7) is 2.70. The van der Waals surface area contributed by atoms with Crippen molar-refractivity contribution < 1.29 is 4.74 Å². The van der Waals surface area contributed by atoms with E-state index in [0.29, 0.717) is 16.1 Å². The van der Waals surface area contributed by atoms with Gasteiger partial charge < -0.3 is 9.72 Å². The Morgan fingerprint density at radius 1 is 1.69 bits per heavy atom. The Hall–Kier alpha value is -0.590. The molecule has 1 rings (SSSR count). The molecule has 0 atom stereocenters. The second-order valence-corrected chi connectivity index (χ2v) is 3.63. The molecule has 0 saturated carbocycles.